The van der Waals surface area contributed by atoms with Gasteiger partial charge in [0.05, 0.1) is 15.8 Å². The normalized spacial score (nSPS) is 19.2. The minimum Gasteiger partial charge on any atom is -0.422 e. The van der Waals surface area contributed by atoms with Crippen molar-refractivity contribution >= 4 is 38.2 Å². The molecule has 0 saturated heterocycles. The van der Waals surface area contributed by atoms with Crippen molar-refractivity contribution in [3.63, 3.8) is 0 Å². The second-order valence-corrected chi connectivity index (χ2v) is 11.6. The Morgan fingerprint density at radius 3 is 2.66 bits per heavy atom. The summed E-state index contributed by atoms with van der Waals surface area (Å²) in [5, 5.41) is 1.74. The quantitative estimate of drug-likeness (QED) is 0.309. The molecule has 2 aromatic heterocycles. The van der Waals surface area contributed by atoms with Gasteiger partial charge in [-0.3, -0.25) is 0 Å². The average Bonchev–Trinajstić information content (AvgIpc) is 3.12. The van der Waals surface area contributed by atoms with Gasteiger partial charge in [0.2, 0.25) is 0 Å². The summed E-state index contributed by atoms with van der Waals surface area (Å²) in [5.74, 6) is 0. The Labute approximate surface area is 191 Å². The van der Waals surface area contributed by atoms with E-state index in [9.17, 15) is 4.79 Å². The van der Waals surface area contributed by atoms with Crippen LogP contribution in [0.2, 0.25) is 0 Å². The number of anilines is 1. The number of thiazole rings is 1. The van der Waals surface area contributed by atoms with Gasteiger partial charge in [-0.15, -0.1) is 11.3 Å². The van der Waals surface area contributed by atoms with Crippen LogP contribution in [0.15, 0.2) is 45.6 Å². The molecule has 2 aliphatic rings. The Bertz CT molecular complexity index is 1410. The molecule has 0 radical (unpaired) electrons. The van der Waals surface area contributed by atoms with E-state index < -0.39 is 0 Å². The average molecular weight is 445 g/mol. The Kier molecular flexibility index (Phi) is 4.17. The highest BCUT2D eigenvalue weighted by atomic mass is 32.1. The second-order valence-electron chi connectivity index (χ2n) is 10.6. The molecule has 32 heavy (non-hydrogen) atoms. The predicted molar refractivity (Wildman–Crippen MR) is 133 cm³/mol. The third-order valence-electron chi connectivity index (χ3n) is 7.48. The highest BCUT2D eigenvalue weighted by molar-refractivity contribution is 7.21. The molecule has 5 heteroatoms. The minimum absolute atomic E-state index is 0.0478. The largest absolute Gasteiger partial charge is 0.422 e. The van der Waals surface area contributed by atoms with Crippen LogP contribution < -0.4 is 10.5 Å². The number of nitrogens with zero attached hydrogens (tertiary/aromatic N) is 2. The molecular weight excluding hydrogens is 416 g/mol. The molecule has 0 unspecified atom stereocenters. The third kappa shape index (κ3) is 2.87. The van der Waals surface area contributed by atoms with Crippen LogP contribution in [0, 0.1) is 0 Å². The van der Waals surface area contributed by atoms with Crippen molar-refractivity contribution in [1.29, 1.82) is 0 Å². The number of para-hydroxylation sites is 1. The first-order chi connectivity index (χ1) is 15.2. The highest BCUT2D eigenvalue weighted by Gasteiger charge is 2.40. The van der Waals surface area contributed by atoms with Gasteiger partial charge in [0.25, 0.3) is 0 Å². The van der Waals surface area contributed by atoms with Crippen molar-refractivity contribution in [1.82, 2.24) is 4.98 Å². The first kappa shape index (κ1) is 20.0. The lowest BCUT2D eigenvalue weighted by Crippen LogP contribution is -2.38. The molecule has 0 saturated carbocycles. The topological polar surface area (TPSA) is 46.3 Å². The standard InChI is InChI=1S/C27H28N2O2S/c1-26(2)10-7-12-29-13-11-27(3,4)21-22(29)18(26)15-16-14-17(25(30)31-23(16)21)24-28-19-8-5-6-9-20(19)32-24/h5-6,8-9,14-15H,7,10-13H2,1-4H3. The summed E-state index contributed by atoms with van der Waals surface area (Å²) in [4.78, 5) is 20.5. The van der Waals surface area contributed by atoms with Crippen LogP contribution in [0.3, 0.4) is 0 Å². The van der Waals surface area contributed by atoms with Gasteiger partial charge in [-0.25, -0.2) is 9.78 Å². The SMILES string of the molecule is CC1(C)CCCN2CCC(C)(C)c3c2c1cc1cc(-c2nc4ccccc4s2)c(=O)oc31. The molecule has 6 rings (SSSR count). The van der Waals surface area contributed by atoms with Gasteiger partial charge in [0.1, 0.15) is 10.6 Å². The van der Waals surface area contributed by atoms with Crippen molar-refractivity contribution in [2.75, 3.05) is 18.0 Å². The predicted octanol–water partition coefficient (Wildman–Crippen LogP) is 6.63. The van der Waals surface area contributed by atoms with Gasteiger partial charge < -0.3 is 9.32 Å². The van der Waals surface area contributed by atoms with Crippen LogP contribution in [0.5, 0.6) is 0 Å². The molecule has 4 nitrogen and oxygen atoms in total. The Hall–Kier alpha value is -2.66. The maximum Gasteiger partial charge on any atom is 0.346 e. The number of aromatic nitrogens is 1. The maximum atomic E-state index is 13.2. The van der Waals surface area contributed by atoms with Gasteiger partial charge in [-0.05, 0) is 59.9 Å². The fourth-order valence-corrected chi connectivity index (χ4v) is 6.55. The van der Waals surface area contributed by atoms with E-state index >= 15 is 0 Å². The highest BCUT2D eigenvalue weighted by Crippen LogP contribution is 2.51. The van der Waals surface area contributed by atoms with Crippen molar-refractivity contribution in [2.45, 2.75) is 57.8 Å². The van der Waals surface area contributed by atoms with Gasteiger partial charge in [0.15, 0.2) is 0 Å². The van der Waals surface area contributed by atoms with Gasteiger partial charge in [-0.2, -0.15) is 0 Å². The molecule has 0 bridgehead atoms. The Morgan fingerprint density at radius 2 is 1.84 bits per heavy atom. The van der Waals surface area contributed by atoms with E-state index in [0.29, 0.717) is 5.56 Å². The lowest BCUT2D eigenvalue weighted by Gasteiger charge is -2.42. The summed E-state index contributed by atoms with van der Waals surface area (Å²) in [6.45, 7) is 11.4. The number of rotatable bonds is 1. The van der Waals surface area contributed by atoms with Crippen molar-refractivity contribution < 1.29 is 4.42 Å². The van der Waals surface area contributed by atoms with Crippen molar-refractivity contribution in [3.05, 3.63) is 57.9 Å². The molecular formula is C27H28N2O2S. The zero-order chi connectivity index (χ0) is 22.3. The lowest BCUT2D eigenvalue weighted by molar-refractivity contribution is 0.444. The lowest BCUT2D eigenvalue weighted by atomic mass is 9.72. The third-order valence-corrected chi connectivity index (χ3v) is 8.55. The van der Waals surface area contributed by atoms with Crippen molar-refractivity contribution in [2.24, 2.45) is 0 Å². The van der Waals surface area contributed by atoms with E-state index in [2.05, 4.69) is 38.7 Å². The van der Waals surface area contributed by atoms with E-state index in [-0.39, 0.29) is 16.5 Å². The van der Waals surface area contributed by atoms with Crippen LogP contribution >= 0.6 is 11.3 Å². The fourth-order valence-electron chi connectivity index (χ4n) is 5.59. The first-order valence-corrected chi connectivity index (χ1v) is 12.3. The maximum absolute atomic E-state index is 13.2. The molecule has 164 valence electrons. The molecule has 4 aromatic rings. The Balaban J connectivity index is 1.68. The summed E-state index contributed by atoms with van der Waals surface area (Å²) in [6, 6.07) is 12.3. The van der Waals surface area contributed by atoms with E-state index in [1.807, 2.05) is 30.3 Å². The minimum atomic E-state index is -0.298. The van der Waals surface area contributed by atoms with Crippen molar-refractivity contribution in [3.8, 4) is 10.6 Å². The molecule has 2 aromatic carbocycles. The molecule has 0 fully saturated rings. The smallest absolute Gasteiger partial charge is 0.346 e. The number of fused-ring (bicyclic) bond motifs is 3. The molecule has 2 aliphatic heterocycles. The zero-order valence-electron chi connectivity index (χ0n) is 19.1. The monoisotopic (exact) mass is 444 g/mol. The summed E-state index contributed by atoms with van der Waals surface area (Å²) < 4.78 is 7.22. The second kappa shape index (κ2) is 6.67. The van der Waals surface area contributed by atoms with Gasteiger partial charge >= 0.3 is 5.63 Å². The summed E-state index contributed by atoms with van der Waals surface area (Å²) >= 11 is 1.55. The molecule has 0 spiro atoms. The van der Waals surface area contributed by atoms with Crippen LogP contribution in [0.4, 0.5) is 5.69 Å². The zero-order valence-corrected chi connectivity index (χ0v) is 19.9. The Morgan fingerprint density at radius 1 is 1.03 bits per heavy atom. The van der Waals surface area contributed by atoms with E-state index in [1.54, 1.807) is 11.3 Å². The molecule has 0 amide bonds. The molecule has 0 atom stereocenters. The summed E-state index contributed by atoms with van der Waals surface area (Å²) in [7, 11) is 0. The summed E-state index contributed by atoms with van der Waals surface area (Å²) in [5.41, 5.74) is 5.87. The summed E-state index contributed by atoms with van der Waals surface area (Å²) in [6.07, 6.45) is 3.39. The number of hydrogen-bond donors (Lipinski definition) is 0. The van der Waals surface area contributed by atoms with E-state index in [0.717, 1.165) is 52.1 Å². The van der Waals surface area contributed by atoms with Gasteiger partial charge in [0, 0.05) is 29.7 Å². The van der Waals surface area contributed by atoms with Crippen LogP contribution in [0.25, 0.3) is 31.8 Å². The van der Waals surface area contributed by atoms with Crippen LogP contribution in [-0.4, -0.2) is 18.1 Å². The number of hydrogen-bond acceptors (Lipinski definition) is 5. The van der Waals surface area contributed by atoms with E-state index in [4.69, 9.17) is 9.40 Å². The molecule has 0 aliphatic carbocycles. The first-order valence-electron chi connectivity index (χ1n) is 11.5. The molecule has 0 N–H and O–H groups in total. The fraction of sp³-hybridized carbons (Fsp3) is 0.407. The van der Waals surface area contributed by atoms with E-state index in [1.165, 1.54) is 23.2 Å². The number of benzene rings is 2. The van der Waals surface area contributed by atoms with Gasteiger partial charge in [-0.1, -0.05) is 39.8 Å². The molecule has 4 heterocycles. The van der Waals surface area contributed by atoms with Crippen LogP contribution in [0.1, 0.15) is 58.1 Å². The van der Waals surface area contributed by atoms with Crippen LogP contribution in [-0.2, 0) is 10.8 Å².